The Hall–Kier alpha value is -2.51. The molecule has 124 valence electrons. The number of anilines is 1. The predicted octanol–water partition coefficient (Wildman–Crippen LogP) is 2.66. The van der Waals surface area contributed by atoms with Gasteiger partial charge in [0, 0.05) is 6.07 Å². The molecule has 0 saturated heterocycles. The Morgan fingerprint density at radius 1 is 1.22 bits per heavy atom. The number of aromatic amines is 1. The zero-order chi connectivity index (χ0) is 17.0. The Balaban J connectivity index is 2.28. The summed E-state index contributed by atoms with van der Waals surface area (Å²) in [5.74, 6) is 0.0918. The molecule has 5 nitrogen and oxygen atoms in total. The van der Waals surface area contributed by atoms with Gasteiger partial charge in [0.25, 0.3) is 5.56 Å². The second-order valence-corrected chi connectivity index (χ2v) is 5.04. The minimum Gasteiger partial charge on any atom is -0.365 e. The number of alkyl halides is 3. The van der Waals surface area contributed by atoms with Gasteiger partial charge in [0.2, 0.25) is 0 Å². The first kappa shape index (κ1) is 16.9. The molecule has 0 aliphatic heterocycles. The summed E-state index contributed by atoms with van der Waals surface area (Å²) < 4.78 is 37.2. The Morgan fingerprint density at radius 2 is 1.87 bits per heavy atom. The zero-order valence-corrected chi connectivity index (χ0v) is 12.4. The van der Waals surface area contributed by atoms with Crippen molar-refractivity contribution >= 4 is 5.82 Å². The summed E-state index contributed by atoms with van der Waals surface area (Å²) in [4.78, 5) is 25.7. The summed E-state index contributed by atoms with van der Waals surface area (Å²) in [5.41, 5.74) is -1.16. The molecule has 0 saturated carbocycles. The van der Waals surface area contributed by atoms with E-state index >= 15 is 0 Å². The fourth-order valence-electron chi connectivity index (χ4n) is 2.22. The van der Waals surface area contributed by atoms with Crippen molar-refractivity contribution in [2.75, 3.05) is 5.32 Å². The maximum absolute atomic E-state index is 12.4. The number of hydrogen-bond acceptors (Lipinski definition) is 3. The van der Waals surface area contributed by atoms with Crippen LogP contribution in [-0.4, -0.2) is 15.7 Å². The highest BCUT2D eigenvalue weighted by Gasteiger charge is 2.29. The monoisotopic (exact) mass is 327 g/mol. The van der Waals surface area contributed by atoms with Crippen LogP contribution in [0.2, 0.25) is 0 Å². The van der Waals surface area contributed by atoms with Gasteiger partial charge in [0.05, 0.1) is 6.04 Å². The van der Waals surface area contributed by atoms with E-state index in [-0.39, 0.29) is 16.4 Å². The van der Waals surface area contributed by atoms with Gasteiger partial charge in [-0.15, -0.1) is 0 Å². The summed E-state index contributed by atoms with van der Waals surface area (Å²) in [7, 11) is 0. The lowest BCUT2D eigenvalue weighted by atomic mass is 10.0. The quantitative estimate of drug-likeness (QED) is 0.887. The van der Waals surface area contributed by atoms with Gasteiger partial charge < -0.3 is 5.32 Å². The first-order valence-electron chi connectivity index (χ1n) is 7.02. The fourth-order valence-corrected chi connectivity index (χ4v) is 2.22. The van der Waals surface area contributed by atoms with Gasteiger partial charge in [0.1, 0.15) is 12.4 Å². The lowest BCUT2D eigenvalue weighted by molar-refractivity contribution is -0.141. The maximum Gasteiger partial charge on any atom is 0.406 e. The topological polar surface area (TPSA) is 66.9 Å². The Morgan fingerprint density at radius 3 is 2.39 bits per heavy atom. The molecule has 0 radical (unpaired) electrons. The summed E-state index contributed by atoms with van der Waals surface area (Å²) in [6, 6.07) is 10.1. The van der Waals surface area contributed by atoms with E-state index in [0.717, 1.165) is 11.6 Å². The van der Waals surface area contributed by atoms with Crippen LogP contribution in [0.15, 0.2) is 46.0 Å². The largest absolute Gasteiger partial charge is 0.406 e. The Bertz CT molecular complexity index is 735. The molecule has 0 bridgehead atoms. The van der Waals surface area contributed by atoms with Crippen LogP contribution in [0.25, 0.3) is 0 Å². The standard InChI is InChI=1S/C15H16F3N3O2/c1-2-11(10-6-4-3-5-7-10)19-12-8-13(22)21(14(23)20-12)9-15(16,17)18/h3-8,11,19H,2,9H2,1H3,(H,20,23). The molecule has 1 atom stereocenters. The molecule has 0 aliphatic carbocycles. The lowest BCUT2D eigenvalue weighted by Gasteiger charge is -2.18. The van der Waals surface area contributed by atoms with Crippen LogP contribution in [0.5, 0.6) is 0 Å². The summed E-state index contributed by atoms with van der Waals surface area (Å²) in [5, 5.41) is 2.97. The van der Waals surface area contributed by atoms with Gasteiger partial charge in [0.15, 0.2) is 0 Å². The molecular formula is C15H16F3N3O2. The third-order valence-corrected chi connectivity index (χ3v) is 3.30. The predicted molar refractivity (Wildman–Crippen MR) is 80.5 cm³/mol. The third-order valence-electron chi connectivity index (χ3n) is 3.30. The van der Waals surface area contributed by atoms with Crippen molar-refractivity contribution in [2.45, 2.75) is 32.1 Å². The number of aromatic nitrogens is 2. The molecule has 0 fully saturated rings. The average molecular weight is 327 g/mol. The van der Waals surface area contributed by atoms with Gasteiger partial charge in [-0.1, -0.05) is 37.3 Å². The van der Waals surface area contributed by atoms with Crippen LogP contribution >= 0.6 is 0 Å². The number of H-pyrrole nitrogens is 1. The van der Waals surface area contributed by atoms with Gasteiger partial charge >= 0.3 is 11.9 Å². The van der Waals surface area contributed by atoms with E-state index in [1.807, 2.05) is 37.3 Å². The number of hydrogen-bond donors (Lipinski definition) is 2. The molecule has 0 amide bonds. The highest BCUT2D eigenvalue weighted by molar-refractivity contribution is 5.37. The molecule has 1 aromatic carbocycles. The minimum absolute atomic E-state index is 0.0918. The molecule has 1 unspecified atom stereocenters. The van der Waals surface area contributed by atoms with Crippen LogP contribution in [0, 0.1) is 0 Å². The Kier molecular flexibility index (Phi) is 4.92. The van der Waals surface area contributed by atoms with Crippen LogP contribution in [0.3, 0.4) is 0 Å². The second-order valence-electron chi connectivity index (χ2n) is 5.04. The van der Waals surface area contributed by atoms with Crippen molar-refractivity contribution in [3.05, 3.63) is 62.8 Å². The normalized spacial score (nSPS) is 12.9. The minimum atomic E-state index is -4.64. The van der Waals surface area contributed by atoms with Crippen molar-refractivity contribution in [2.24, 2.45) is 0 Å². The van der Waals surface area contributed by atoms with Gasteiger partial charge in [-0.2, -0.15) is 13.2 Å². The van der Waals surface area contributed by atoms with Crippen molar-refractivity contribution in [1.29, 1.82) is 0 Å². The molecule has 2 aromatic rings. The van der Waals surface area contributed by atoms with Crippen molar-refractivity contribution in [3.63, 3.8) is 0 Å². The van der Waals surface area contributed by atoms with Crippen LogP contribution in [-0.2, 0) is 6.54 Å². The van der Waals surface area contributed by atoms with Gasteiger partial charge in [-0.05, 0) is 12.0 Å². The maximum atomic E-state index is 12.4. The molecule has 1 heterocycles. The van der Waals surface area contributed by atoms with Gasteiger partial charge in [-0.3, -0.25) is 14.3 Å². The highest BCUT2D eigenvalue weighted by Crippen LogP contribution is 2.20. The van der Waals surface area contributed by atoms with E-state index in [4.69, 9.17) is 0 Å². The SMILES string of the molecule is CCC(Nc1cc(=O)n(CC(F)(F)F)c(=O)[nH]1)c1ccccc1. The third kappa shape index (κ3) is 4.48. The molecule has 2 rings (SSSR count). The molecule has 1 aromatic heterocycles. The van der Waals surface area contributed by atoms with Crippen LogP contribution in [0.1, 0.15) is 24.9 Å². The van der Waals surface area contributed by atoms with Gasteiger partial charge in [-0.25, -0.2) is 4.79 Å². The van der Waals surface area contributed by atoms with Crippen molar-refractivity contribution in [1.82, 2.24) is 9.55 Å². The van der Waals surface area contributed by atoms with Crippen LogP contribution < -0.4 is 16.6 Å². The molecule has 2 N–H and O–H groups in total. The van der Waals surface area contributed by atoms with Crippen molar-refractivity contribution in [3.8, 4) is 0 Å². The number of benzene rings is 1. The zero-order valence-electron chi connectivity index (χ0n) is 12.4. The lowest BCUT2D eigenvalue weighted by Crippen LogP contribution is -2.39. The smallest absolute Gasteiger partial charge is 0.365 e. The Labute approximate surface area is 129 Å². The number of nitrogens with one attached hydrogen (secondary N) is 2. The summed E-state index contributed by atoms with van der Waals surface area (Å²) >= 11 is 0. The summed E-state index contributed by atoms with van der Waals surface area (Å²) in [6.07, 6.45) is -3.97. The van der Waals surface area contributed by atoms with E-state index in [9.17, 15) is 22.8 Å². The number of rotatable bonds is 5. The first-order chi connectivity index (χ1) is 10.8. The average Bonchev–Trinajstić information content (AvgIpc) is 2.48. The van der Waals surface area contributed by atoms with E-state index in [1.165, 1.54) is 0 Å². The van der Waals surface area contributed by atoms with Crippen LogP contribution in [0.4, 0.5) is 19.0 Å². The summed E-state index contributed by atoms with van der Waals surface area (Å²) in [6.45, 7) is 0.297. The molecule has 0 aliphatic rings. The van der Waals surface area contributed by atoms with E-state index in [0.29, 0.717) is 6.42 Å². The first-order valence-corrected chi connectivity index (χ1v) is 7.02. The number of nitrogens with zero attached hydrogens (tertiary/aromatic N) is 1. The highest BCUT2D eigenvalue weighted by atomic mass is 19.4. The van der Waals surface area contributed by atoms with E-state index in [1.54, 1.807) is 0 Å². The second kappa shape index (κ2) is 6.72. The number of halogens is 3. The molecular weight excluding hydrogens is 311 g/mol. The van der Waals surface area contributed by atoms with E-state index in [2.05, 4.69) is 10.3 Å². The molecule has 8 heteroatoms. The van der Waals surface area contributed by atoms with Crippen molar-refractivity contribution < 1.29 is 13.2 Å². The fraction of sp³-hybridized carbons (Fsp3) is 0.333. The van der Waals surface area contributed by atoms with E-state index < -0.39 is 24.0 Å². The molecule has 23 heavy (non-hydrogen) atoms. The molecule has 0 spiro atoms.